The number of aliphatic hydroxyl groups is 1. The minimum absolute atomic E-state index is 0.0245. The van der Waals surface area contributed by atoms with Crippen LogP contribution in [0.5, 0.6) is 0 Å². The summed E-state index contributed by atoms with van der Waals surface area (Å²) in [6.07, 6.45) is 0. The summed E-state index contributed by atoms with van der Waals surface area (Å²) in [4.78, 5) is 32.6. The van der Waals surface area contributed by atoms with Crippen LogP contribution in [0.1, 0.15) is 28.4 Å². The molecule has 27 heavy (non-hydrogen) atoms. The van der Waals surface area contributed by atoms with E-state index < -0.39 is 17.7 Å². The van der Waals surface area contributed by atoms with Crippen LogP contribution in [0.4, 0.5) is 4.39 Å². The van der Waals surface area contributed by atoms with Crippen molar-refractivity contribution in [2.24, 2.45) is 9.98 Å². The highest BCUT2D eigenvalue weighted by Crippen LogP contribution is 2.25. The molecule has 0 fully saturated rings. The van der Waals surface area contributed by atoms with Gasteiger partial charge in [-0.3, -0.25) is 4.79 Å². The Bertz CT molecular complexity index is 1030. The zero-order valence-electron chi connectivity index (χ0n) is 14.6. The van der Waals surface area contributed by atoms with Crippen molar-refractivity contribution >= 4 is 23.4 Å². The van der Waals surface area contributed by atoms with Gasteiger partial charge in [-0.05, 0) is 19.1 Å². The number of hydrogen-bond donors (Lipinski definition) is 1. The van der Waals surface area contributed by atoms with E-state index in [-0.39, 0.29) is 28.4 Å². The number of nitrogens with zero attached hydrogens (tertiary/aromatic N) is 2. The molecule has 1 amide bonds. The van der Waals surface area contributed by atoms with Crippen LogP contribution in [0, 0.1) is 5.82 Å². The average Bonchev–Trinajstić information content (AvgIpc) is 3.00. The summed E-state index contributed by atoms with van der Waals surface area (Å²) in [7, 11) is 1.18. The van der Waals surface area contributed by atoms with Crippen LogP contribution in [-0.2, 0) is 9.53 Å². The number of aliphatic hydroxyl groups excluding tert-OH is 1. The Balaban J connectivity index is 2.14. The first-order valence-electron chi connectivity index (χ1n) is 7.98. The van der Waals surface area contributed by atoms with E-state index in [1.165, 1.54) is 32.2 Å². The molecule has 1 aliphatic rings. The molecule has 0 saturated carbocycles. The first kappa shape index (κ1) is 18.2. The number of rotatable bonds is 3. The molecule has 0 unspecified atom stereocenters. The van der Waals surface area contributed by atoms with Crippen LogP contribution in [0.2, 0.25) is 0 Å². The number of amidine groups is 1. The topological polar surface area (TPSA) is 88.3 Å². The smallest absolute Gasteiger partial charge is 0.343 e. The van der Waals surface area contributed by atoms with E-state index in [1.54, 1.807) is 24.3 Å². The van der Waals surface area contributed by atoms with Gasteiger partial charge in [0, 0.05) is 11.1 Å². The third-order valence-electron chi connectivity index (χ3n) is 3.94. The molecule has 1 aliphatic heterocycles. The molecule has 136 valence electrons. The Hall–Kier alpha value is -3.61. The summed E-state index contributed by atoms with van der Waals surface area (Å²) >= 11 is 0. The zero-order chi connectivity index (χ0) is 19.6. The van der Waals surface area contributed by atoms with Crippen molar-refractivity contribution in [1.82, 2.24) is 0 Å². The third-order valence-corrected chi connectivity index (χ3v) is 3.94. The summed E-state index contributed by atoms with van der Waals surface area (Å²) in [5.41, 5.74) is 0.811. The maximum absolute atomic E-state index is 13.8. The number of carbonyl (C=O) groups is 2. The van der Waals surface area contributed by atoms with E-state index in [0.717, 1.165) is 6.07 Å². The lowest BCUT2D eigenvalue weighted by Gasteiger charge is -2.07. The van der Waals surface area contributed by atoms with Gasteiger partial charge in [0.25, 0.3) is 5.91 Å². The summed E-state index contributed by atoms with van der Waals surface area (Å²) in [5, 5.41) is 9.92. The lowest BCUT2D eigenvalue weighted by atomic mass is 9.99. The molecular weight excluding hydrogens is 351 g/mol. The number of halogens is 1. The molecule has 0 spiro atoms. The maximum atomic E-state index is 13.8. The number of esters is 1. The van der Waals surface area contributed by atoms with Crippen molar-refractivity contribution < 1.29 is 23.8 Å². The SMILES string of the molecule is COC(=O)/C(C1=NC(=NC(=O)c2ccccc2F)c2ccccc21)=C(\C)O. The molecule has 0 aliphatic carbocycles. The fourth-order valence-corrected chi connectivity index (χ4v) is 2.70. The van der Waals surface area contributed by atoms with Crippen molar-refractivity contribution in [1.29, 1.82) is 0 Å². The molecule has 2 aromatic rings. The predicted octanol–water partition coefficient (Wildman–Crippen LogP) is 3.22. The Labute approximate surface area is 154 Å². The highest BCUT2D eigenvalue weighted by atomic mass is 19.1. The molecule has 0 bridgehead atoms. The van der Waals surface area contributed by atoms with E-state index in [2.05, 4.69) is 9.98 Å². The molecule has 0 saturated heterocycles. The number of amides is 1. The molecule has 0 atom stereocenters. The van der Waals surface area contributed by atoms with Crippen LogP contribution in [0.15, 0.2) is 69.8 Å². The fraction of sp³-hybridized carbons (Fsp3) is 0.100. The highest BCUT2D eigenvalue weighted by molar-refractivity contribution is 6.36. The maximum Gasteiger partial charge on any atom is 0.343 e. The Morgan fingerprint density at radius 1 is 1.07 bits per heavy atom. The fourth-order valence-electron chi connectivity index (χ4n) is 2.70. The van der Waals surface area contributed by atoms with Gasteiger partial charge in [0.2, 0.25) is 0 Å². The lowest BCUT2D eigenvalue weighted by Crippen LogP contribution is -2.16. The van der Waals surface area contributed by atoms with Crippen molar-refractivity contribution in [3.63, 3.8) is 0 Å². The highest BCUT2D eigenvalue weighted by Gasteiger charge is 2.30. The molecule has 0 aromatic heterocycles. The molecule has 1 heterocycles. The van der Waals surface area contributed by atoms with Crippen LogP contribution >= 0.6 is 0 Å². The van der Waals surface area contributed by atoms with E-state index in [4.69, 9.17) is 4.74 Å². The minimum atomic E-state index is -0.799. The van der Waals surface area contributed by atoms with Crippen molar-refractivity contribution in [3.05, 3.63) is 82.4 Å². The molecule has 6 nitrogen and oxygen atoms in total. The Kier molecular flexibility index (Phi) is 4.94. The largest absolute Gasteiger partial charge is 0.512 e. The van der Waals surface area contributed by atoms with E-state index in [0.29, 0.717) is 11.1 Å². The number of allylic oxidation sites excluding steroid dienone is 1. The number of fused-ring (bicyclic) bond motifs is 1. The van der Waals surface area contributed by atoms with Crippen molar-refractivity contribution in [3.8, 4) is 0 Å². The van der Waals surface area contributed by atoms with E-state index in [9.17, 15) is 19.1 Å². The van der Waals surface area contributed by atoms with Crippen LogP contribution in [-0.4, -0.2) is 35.6 Å². The van der Waals surface area contributed by atoms with Gasteiger partial charge < -0.3 is 9.84 Å². The first-order chi connectivity index (χ1) is 12.9. The number of aliphatic imine (C=N–C) groups is 2. The molecule has 0 radical (unpaired) electrons. The van der Waals surface area contributed by atoms with Gasteiger partial charge in [-0.2, -0.15) is 4.99 Å². The summed E-state index contributed by atoms with van der Waals surface area (Å²) < 4.78 is 18.6. The van der Waals surface area contributed by atoms with Gasteiger partial charge >= 0.3 is 5.97 Å². The number of carbonyl (C=O) groups excluding carboxylic acids is 2. The number of ether oxygens (including phenoxy) is 1. The summed E-state index contributed by atoms with van der Waals surface area (Å²) in [6.45, 7) is 1.33. The molecule has 3 rings (SSSR count). The van der Waals surface area contributed by atoms with Gasteiger partial charge in [0.15, 0.2) is 5.84 Å². The summed E-state index contributed by atoms with van der Waals surface area (Å²) in [6, 6.07) is 12.3. The van der Waals surface area contributed by atoms with Crippen LogP contribution in [0.3, 0.4) is 0 Å². The second-order valence-electron chi connectivity index (χ2n) is 5.68. The zero-order valence-corrected chi connectivity index (χ0v) is 14.6. The van der Waals surface area contributed by atoms with E-state index >= 15 is 0 Å². The third kappa shape index (κ3) is 3.39. The number of methoxy groups -OCH3 is 1. The van der Waals surface area contributed by atoms with Crippen molar-refractivity contribution in [2.45, 2.75) is 6.92 Å². The second kappa shape index (κ2) is 7.33. The first-order valence-corrected chi connectivity index (χ1v) is 7.98. The number of benzene rings is 2. The summed E-state index contributed by atoms with van der Waals surface area (Å²) in [5.74, 6) is -2.52. The predicted molar refractivity (Wildman–Crippen MR) is 97.6 cm³/mol. The monoisotopic (exact) mass is 366 g/mol. The van der Waals surface area contributed by atoms with Gasteiger partial charge in [-0.25, -0.2) is 14.2 Å². The quantitative estimate of drug-likeness (QED) is 0.513. The Morgan fingerprint density at radius 3 is 2.33 bits per heavy atom. The Morgan fingerprint density at radius 2 is 1.70 bits per heavy atom. The van der Waals surface area contributed by atoms with Gasteiger partial charge in [-0.1, -0.05) is 36.4 Å². The van der Waals surface area contributed by atoms with Crippen molar-refractivity contribution in [2.75, 3.05) is 7.11 Å². The second-order valence-corrected chi connectivity index (χ2v) is 5.68. The lowest BCUT2D eigenvalue weighted by molar-refractivity contribution is -0.135. The van der Waals surface area contributed by atoms with Gasteiger partial charge in [0.05, 0.1) is 18.4 Å². The molecule has 2 aromatic carbocycles. The van der Waals surface area contributed by atoms with Gasteiger partial charge in [-0.15, -0.1) is 0 Å². The van der Waals surface area contributed by atoms with Crippen LogP contribution < -0.4 is 0 Å². The molecule has 7 heteroatoms. The van der Waals surface area contributed by atoms with E-state index in [1.807, 2.05) is 0 Å². The molecule has 1 N–H and O–H groups in total. The average molecular weight is 366 g/mol. The number of hydrogen-bond acceptors (Lipinski definition) is 4. The molecular formula is C20H15FN2O4. The normalized spacial score (nSPS) is 15.1. The minimum Gasteiger partial charge on any atom is -0.512 e. The van der Waals surface area contributed by atoms with Crippen LogP contribution in [0.25, 0.3) is 0 Å². The van der Waals surface area contributed by atoms with Gasteiger partial charge in [0.1, 0.15) is 17.1 Å². The standard InChI is InChI=1S/C20H15FN2O4/c1-11(24)16(20(26)27-2)17-12-7-3-4-8-13(12)18(22-17)23-19(25)14-9-5-6-10-15(14)21/h3-10,24H,1-2H3/b16-11+,23-18?.